The average molecular weight is 209 g/mol. The van der Waals surface area contributed by atoms with Crippen molar-refractivity contribution >= 4 is 11.6 Å². The molecule has 0 atom stereocenters. The Balaban J connectivity index is 2.55. The summed E-state index contributed by atoms with van der Waals surface area (Å²) in [5.41, 5.74) is 0.616. The lowest BCUT2D eigenvalue weighted by molar-refractivity contribution is -0.133. The summed E-state index contributed by atoms with van der Waals surface area (Å²) in [6.45, 7) is 0. The summed E-state index contributed by atoms with van der Waals surface area (Å²) in [6.07, 6.45) is -4.90. The van der Waals surface area contributed by atoms with Crippen LogP contribution >= 0.6 is 11.6 Å². The molecule has 13 heavy (non-hydrogen) atoms. The molecule has 1 rings (SSSR count). The maximum Gasteiger partial charge on any atom is 0.389 e. The molecule has 0 unspecified atom stereocenters. The molecule has 1 aromatic rings. The van der Waals surface area contributed by atoms with Crippen molar-refractivity contribution in [3.63, 3.8) is 0 Å². The Morgan fingerprint density at radius 3 is 2.46 bits per heavy atom. The van der Waals surface area contributed by atoms with Crippen LogP contribution in [0.5, 0.6) is 0 Å². The first-order valence-corrected chi connectivity index (χ1v) is 4.16. The Bertz CT molecular complexity index is 280. The minimum Gasteiger partial charge on any atom is -0.171 e. The maximum absolute atomic E-state index is 11.8. The zero-order valence-electron chi connectivity index (χ0n) is 6.74. The number of hydrogen-bond donors (Lipinski definition) is 0. The SMILES string of the molecule is FC(F)(F)CCc1cccc(Cl)c1. The van der Waals surface area contributed by atoms with Gasteiger partial charge in [-0.2, -0.15) is 13.2 Å². The van der Waals surface area contributed by atoms with Gasteiger partial charge in [0, 0.05) is 11.4 Å². The largest absolute Gasteiger partial charge is 0.389 e. The van der Waals surface area contributed by atoms with E-state index < -0.39 is 12.6 Å². The Kier molecular flexibility index (Phi) is 3.20. The smallest absolute Gasteiger partial charge is 0.171 e. The van der Waals surface area contributed by atoms with E-state index in [-0.39, 0.29) is 6.42 Å². The van der Waals surface area contributed by atoms with Crippen molar-refractivity contribution in [3.05, 3.63) is 34.9 Å². The molecule has 0 amide bonds. The second-order valence-electron chi connectivity index (χ2n) is 2.75. The summed E-state index contributed by atoms with van der Waals surface area (Å²) < 4.78 is 35.4. The molecule has 0 aromatic heterocycles. The van der Waals surface area contributed by atoms with E-state index >= 15 is 0 Å². The Morgan fingerprint density at radius 1 is 1.23 bits per heavy atom. The molecule has 0 spiro atoms. The third-order valence-electron chi connectivity index (χ3n) is 1.59. The quantitative estimate of drug-likeness (QED) is 0.693. The molecule has 4 heteroatoms. The normalized spacial score (nSPS) is 11.7. The highest BCUT2D eigenvalue weighted by atomic mass is 35.5. The standard InChI is InChI=1S/C9H8ClF3/c10-8-3-1-2-7(6-8)4-5-9(11,12)13/h1-3,6H,4-5H2. The summed E-state index contributed by atoms with van der Waals surface area (Å²) in [5, 5.41) is 0.472. The number of alkyl halides is 3. The van der Waals surface area contributed by atoms with Crippen LogP contribution in [0, 0.1) is 0 Å². The van der Waals surface area contributed by atoms with E-state index in [9.17, 15) is 13.2 Å². The number of halogens is 4. The van der Waals surface area contributed by atoms with Crippen LogP contribution in [0.15, 0.2) is 24.3 Å². The van der Waals surface area contributed by atoms with Crippen molar-refractivity contribution in [3.8, 4) is 0 Å². The van der Waals surface area contributed by atoms with Gasteiger partial charge in [-0.1, -0.05) is 23.7 Å². The Labute approximate surface area is 79.3 Å². The van der Waals surface area contributed by atoms with E-state index in [1.165, 1.54) is 0 Å². The predicted octanol–water partition coefficient (Wildman–Crippen LogP) is 3.83. The van der Waals surface area contributed by atoms with Crippen LogP contribution in [0.25, 0.3) is 0 Å². The van der Waals surface area contributed by atoms with E-state index in [2.05, 4.69) is 0 Å². The molecule has 0 aliphatic rings. The highest BCUT2D eigenvalue weighted by Crippen LogP contribution is 2.22. The molecule has 72 valence electrons. The lowest BCUT2D eigenvalue weighted by atomic mass is 10.1. The van der Waals surface area contributed by atoms with Crippen LogP contribution in [0.1, 0.15) is 12.0 Å². The van der Waals surface area contributed by atoms with Crippen LogP contribution < -0.4 is 0 Å². The summed E-state index contributed by atoms with van der Waals surface area (Å²) in [5.74, 6) is 0. The van der Waals surface area contributed by atoms with Gasteiger partial charge in [0.05, 0.1) is 0 Å². The first-order valence-electron chi connectivity index (χ1n) is 3.78. The maximum atomic E-state index is 11.8. The van der Waals surface area contributed by atoms with Gasteiger partial charge in [0.2, 0.25) is 0 Å². The van der Waals surface area contributed by atoms with E-state index in [0.717, 1.165) is 0 Å². The van der Waals surface area contributed by atoms with E-state index in [0.29, 0.717) is 10.6 Å². The molecule has 0 saturated heterocycles. The van der Waals surface area contributed by atoms with Crippen molar-refractivity contribution in [1.82, 2.24) is 0 Å². The highest BCUT2D eigenvalue weighted by Gasteiger charge is 2.26. The molecule has 0 bridgehead atoms. The van der Waals surface area contributed by atoms with Gasteiger partial charge in [-0.05, 0) is 24.1 Å². The molecule has 0 fully saturated rings. The van der Waals surface area contributed by atoms with Crippen molar-refractivity contribution < 1.29 is 13.2 Å². The monoisotopic (exact) mass is 208 g/mol. The van der Waals surface area contributed by atoms with Gasteiger partial charge in [-0.3, -0.25) is 0 Å². The van der Waals surface area contributed by atoms with Gasteiger partial charge in [0.1, 0.15) is 0 Å². The second kappa shape index (κ2) is 4.01. The van der Waals surface area contributed by atoms with Gasteiger partial charge in [-0.25, -0.2) is 0 Å². The van der Waals surface area contributed by atoms with E-state index in [1.54, 1.807) is 24.3 Å². The van der Waals surface area contributed by atoms with Gasteiger partial charge in [-0.15, -0.1) is 0 Å². The zero-order chi connectivity index (χ0) is 9.90. The fraction of sp³-hybridized carbons (Fsp3) is 0.333. The summed E-state index contributed by atoms with van der Waals surface area (Å²) in [6, 6.07) is 6.47. The van der Waals surface area contributed by atoms with Crippen molar-refractivity contribution in [2.45, 2.75) is 19.0 Å². The minimum atomic E-state index is -4.09. The first kappa shape index (κ1) is 10.4. The molecule has 0 heterocycles. The van der Waals surface area contributed by atoms with Crippen LogP contribution in [-0.2, 0) is 6.42 Å². The summed E-state index contributed by atoms with van der Waals surface area (Å²) in [7, 11) is 0. The van der Waals surface area contributed by atoms with E-state index in [4.69, 9.17) is 11.6 Å². The molecule has 0 N–H and O–H groups in total. The number of rotatable bonds is 2. The molecular formula is C9H8ClF3. The average Bonchev–Trinajstić information content (AvgIpc) is 2.00. The van der Waals surface area contributed by atoms with Gasteiger partial charge in [0.15, 0.2) is 0 Å². The topological polar surface area (TPSA) is 0 Å². The Morgan fingerprint density at radius 2 is 1.92 bits per heavy atom. The zero-order valence-corrected chi connectivity index (χ0v) is 7.49. The molecule has 0 aliphatic carbocycles. The van der Waals surface area contributed by atoms with Crippen LogP contribution in [-0.4, -0.2) is 6.18 Å². The number of benzene rings is 1. The molecular weight excluding hydrogens is 201 g/mol. The molecule has 0 nitrogen and oxygen atoms in total. The molecule has 0 aliphatic heterocycles. The minimum absolute atomic E-state index is 0.00986. The van der Waals surface area contributed by atoms with Gasteiger partial charge < -0.3 is 0 Å². The second-order valence-corrected chi connectivity index (χ2v) is 3.18. The third kappa shape index (κ3) is 4.18. The first-order chi connectivity index (χ1) is 5.97. The van der Waals surface area contributed by atoms with Crippen molar-refractivity contribution in [2.75, 3.05) is 0 Å². The van der Waals surface area contributed by atoms with Crippen LogP contribution in [0.2, 0.25) is 5.02 Å². The van der Waals surface area contributed by atoms with Gasteiger partial charge in [0.25, 0.3) is 0 Å². The lowest BCUT2D eigenvalue weighted by Crippen LogP contribution is -2.08. The van der Waals surface area contributed by atoms with Crippen LogP contribution in [0.4, 0.5) is 13.2 Å². The van der Waals surface area contributed by atoms with E-state index in [1.807, 2.05) is 0 Å². The summed E-state index contributed by atoms with van der Waals surface area (Å²) >= 11 is 5.61. The number of hydrogen-bond acceptors (Lipinski definition) is 0. The molecule has 0 radical (unpaired) electrons. The predicted molar refractivity (Wildman–Crippen MR) is 45.8 cm³/mol. The molecule has 0 saturated carbocycles. The third-order valence-corrected chi connectivity index (χ3v) is 1.82. The fourth-order valence-electron chi connectivity index (χ4n) is 0.979. The van der Waals surface area contributed by atoms with Crippen molar-refractivity contribution in [1.29, 1.82) is 0 Å². The molecule has 1 aromatic carbocycles. The van der Waals surface area contributed by atoms with Crippen molar-refractivity contribution in [2.24, 2.45) is 0 Å². The Hall–Kier alpha value is -0.700. The lowest BCUT2D eigenvalue weighted by Gasteiger charge is -2.05. The van der Waals surface area contributed by atoms with Crippen LogP contribution in [0.3, 0.4) is 0 Å². The fourth-order valence-corrected chi connectivity index (χ4v) is 1.19. The highest BCUT2D eigenvalue weighted by molar-refractivity contribution is 6.30. The number of aryl methyl sites for hydroxylation is 1. The summed E-state index contributed by atoms with van der Waals surface area (Å²) in [4.78, 5) is 0. The van der Waals surface area contributed by atoms with Gasteiger partial charge >= 0.3 is 6.18 Å².